The lowest BCUT2D eigenvalue weighted by atomic mass is 9.84. The second-order valence-electron chi connectivity index (χ2n) is 11.2. The standard InChI is InChI=1S/C34H33N3/c1-23-20-27(34(3,4)5)21-24(2)31(23)36-22-37-32(26-16-10-7-11-17-26)30(25-14-8-6-9-15-25)35-33(37)28-18-12-13-19-29(28)36/h6-21,30,32H,1-5H3/t30-,32-/m1/s1. The Hall–Kier alpha value is -3.85. The third-order valence-corrected chi connectivity index (χ3v) is 7.52. The van der Waals surface area contributed by atoms with Crippen molar-refractivity contribution in [3.8, 4) is 0 Å². The summed E-state index contributed by atoms with van der Waals surface area (Å²) in [5.74, 6) is 0.983. The number of hydrogen-bond acceptors (Lipinski definition) is 3. The van der Waals surface area contributed by atoms with Crippen molar-refractivity contribution < 1.29 is 0 Å². The van der Waals surface area contributed by atoms with Crippen molar-refractivity contribution in [3.05, 3.63) is 137 Å². The molecule has 0 N–H and O–H groups in total. The molecule has 4 aromatic carbocycles. The number of benzene rings is 4. The van der Waals surface area contributed by atoms with Crippen LogP contribution >= 0.6 is 0 Å². The Labute approximate surface area is 221 Å². The van der Waals surface area contributed by atoms with Crippen LogP contribution in [0.25, 0.3) is 0 Å². The second kappa shape index (κ2) is 8.92. The minimum Gasteiger partial charge on any atom is -0.316 e. The van der Waals surface area contributed by atoms with E-state index in [2.05, 4.69) is 148 Å². The molecule has 6 rings (SSSR count). The zero-order chi connectivity index (χ0) is 25.7. The molecule has 0 amide bonds. The lowest BCUT2D eigenvalue weighted by molar-refractivity contribution is 0.357. The predicted octanol–water partition coefficient (Wildman–Crippen LogP) is 8.29. The van der Waals surface area contributed by atoms with Gasteiger partial charge in [-0.2, -0.15) is 0 Å². The molecule has 2 atom stereocenters. The summed E-state index contributed by atoms with van der Waals surface area (Å²) in [6, 6.07) is 34.6. The maximum absolute atomic E-state index is 5.35. The number of rotatable bonds is 3. The monoisotopic (exact) mass is 483 g/mol. The van der Waals surface area contributed by atoms with E-state index in [9.17, 15) is 0 Å². The predicted molar refractivity (Wildman–Crippen MR) is 153 cm³/mol. The zero-order valence-electron chi connectivity index (χ0n) is 22.2. The van der Waals surface area contributed by atoms with Crippen LogP contribution in [0, 0.1) is 20.5 Å². The topological polar surface area (TPSA) is 18.8 Å². The average molecular weight is 484 g/mol. The summed E-state index contributed by atoms with van der Waals surface area (Å²) < 4.78 is 0. The van der Waals surface area contributed by atoms with Crippen molar-refractivity contribution in [2.24, 2.45) is 4.99 Å². The van der Waals surface area contributed by atoms with Crippen LogP contribution in [-0.4, -0.2) is 10.7 Å². The Morgan fingerprint density at radius 2 is 1.30 bits per heavy atom. The molecule has 0 fully saturated rings. The first-order chi connectivity index (χ1) is 17.8. The number of para-hydroxylation sites is 1. The largest absolute Gasteiger partial charge is 0.316 e. The fraction of sp³-hybridized carbons (Fsp3) is 0.235. The van der Waals surface area contributed by atoms with E-state index in [0.29, 0.717) is 0 Å². The quantitative estimate of drug-likeness (QED) is 0.292. The van der Waals surface area contributed by atoms with Crippen molar-refractivity contribution in [1.82, 2.24) is 4.90 Å². The maximum atomic E-state index is 5.35. The normalized spacial score (nSPS) is 18.9. The maximum Gasteiger partial charge on any atom is 0.215 e. The van der Waals surface area contributed by atoms with Gasteiger partial charge < -0.3 is 9.80 Å². The minimum absolute atomic E-state index is 0.0175. The molecular weight excluding hydrogens is 450 g/mol. The van der Waals surface area contributed by atoms with Gasteiger partial charge in [-0.05, 0) is 59.2 Å². The number of fused-ring (bicyclic) bond motifs is 3. The third-order valence-electron chi connectivity index (χ3n) is 7.52. The van der Waals surface area contributed by atoms with Crippen molar-refractivity contribution in [2.75, 3.05) is 4.90 Å². The van der Waals surface area contributed by atoms with E-state index >= 15 is 0 Å². The molecule has 2 aliphatic heterocycles. The number of amidine groups is 1. The molecule has 4 aromatic rings. The molecule has 0 aromatic heterocycles. The molecule has 0 aliphatic carbocycles. The van der Waals surface area contributed by atoms with Crippen LogP contribution in [0.15, 0.2) is 102 Å². The molecule has 0 spiro atoms. The average Bonchev–Trinajstić information content (AvgIpc) is 3.28. The SMILES string of the molecule is Cc1cc(C(C)(C)C)cc(C)c1N1[C]N2C(=N[C@H](c3ccccc3)[C@H]2c2ccccc2)c2ccccc21. The lowest BCUT2D eigenvalue weighted by Crippen LogP contribution is -2.41. The van der Waals surface area contributed by atoms with Gasteiger partial charge in [-0.15, -0.1) is 0 Å². The molecule has 2 radical (unpaired) electrons. The van der Waals surface area contributed by atoms with Gasteiger partial charge in [-0.3, -0.25) is 4.99 Å². The molecule has 37 heavy (non-hydrogen) atoms. The first-order valence-electron chi connectivity index (χ1n) is 13.1. The summed E-state index contributed by atoms with van der Waals surface area (Å²) in [5.41, 5.74) is 9.85. The summed E-state index contributed by atoms with van der Waals surface area (Å²) in [7, 11) is 0. The summed E-state index contributed by atoms with van der Waals surface area (Å²) >= 11 is 0. The summed E-state index contributed by atoms with van der Waals surface area (Å²) in [6.45, 7) is 15.1. The van der Waals surface area contributed by atoms with Crippen molar-refractivity contribution in [2.45, 2.75) is 52.1 Å². The second-order valence-corrected chi connectivity index (χ2v) is 11.2. The molecule has 0 saturated heterocycles. The third kappa shape index (κ3) is 4.03. The van der Waals surface area contributed by atoms with Crippen LogP contribution in [0.3, 0.4) is 0 Å². The highest BCUT2D eigenvalue weighted by Gasteiger charge is 2.44. The number of aliphatic imine (C=N–C) groups is 1. The van der Waals surface area contributed by atoms with Crippen molar-refractivity contribution in [3.63, 3.8) is 0 Å². The van der Waals surface area contributed by atoms with Gasteiger partial charge in [-0.25, -0.2) is 0 Å². The number of aryl methyl sites for hydroxylation is 2. The first kappa shape index (κ1) is 23.5. The molecule has 2 heterocycles. The molecular formula is C34H33N3. The molecule has 0 saturated carbocycles. The van der Waals surface area contributed by atoms with Crippen molar-refractivity contribution >= 4 is 17.2 Å². The van der Waals surface area contributed by atoms with Gasteiger partial charge in [0.05, 0.1) is 11.7 Å². The fourth-order valence-electron chi connectivity index (χ4n) is 5.67. The zero-order valence-corrected chi connectivity index (χ0v) is 22.2. The van der Waals surface area contributed by atoms with Crippen LogP contribution in [0.2, 0.25) is 0 Å². The number of hydrogen-bond donors (Lipinski definition) is 0. The minimum atomic E-state index is -0.0235. The summed E-state index contributed by atoms with van der Waals surface area (Å²) in [4.78, 5) is 9.88. The Balaban J connectivity index is 1.52. The lowest BCUT2D eigenvalue weighted by Gasteiger charge is -2.41. The molecule has 3 nitrogen and oxygen atoms in total. The van der Waals surface area contributed by atoms with Crippen LogP contribution in [-0.2, 0) is 5.41 Å². The van der Waals surface area contributed by atoms with Gasteiger partial charge in [-0.1, -0.05) is 106 Å². The van der Waals surface area contributed by atoms with Crippen LogP contribution < -0.4 is 4.90 Å². The van der Waals surface area contributed by atoms with E-state index in [-0.39, 0.29) is 17.5 Å². The van der Waals surface area contributed by atoms with Gasteiger partial charge in [0.15, 0.2) is 0 Å². The van der Waals surface area contributed by atoms with Gasteiger partial charge in [0.25, 0.3) is 0 Å². The van der Waals surface area contributed by atoms with E-state index in [1.807, 2.05) is 0 Å². The van der Waals surface area contributed by atoms with Gasteiger partial charge in [0, 0.05) is 11.3 Å². The highest BCUT2D eigenvalue weighted by atomic mass is 15.4. The van der Waals surface area contributed by atoms with Gasteiger partial charge in [0.2, 0.25) is 6.67 Å². The molecule has 0 bridgehead atoms. The van der Waals surface area contributed by atoms with Gasteiger partial charge in [0.1, 0.15) is 11.9 Å². The van der Waals surface area contributed by atoms with Crippen LogP contribution in [0.1, 0.15) is 66.2 Å². The number of nitrogens with zero attached hydrogens (tertiary/aromatic N) is 3. The Morgan fingerprint density at radius 3 is 1.92 bits per heavy atom. The van der Waals surface area contributed by atoms with Crippen LogP contribution in [0.5, 0.6) is 0 Å². The molecule has 0 unspecified atom stereocenters. The first-order valence-corrected chi connectivity index (χ1v) is 13.1. The molecule has 3 heteroatoms. The smallest absolute Gasteiger partial charge is 0.215 e. The van der Waals surface area contributed by atoms with Crippen LogP contribution in [0.4, 0.5) is 11.4 Å². The van der Waals surface area contributed by atoms with Crippen molar-refractivity contribution in [1.29, 1.82) is 0 Å². The highest BCUT2D eigenvalue weighted by Crippen LogP contribution is 2.50. The number of anilines is 2. The van der Waals surface area contributed by atoms with E-state index in [1.54, 1.807) is 0 Å². The van der Waals surface area contributed by atoms with E-state index in [1.165, 1.54) is 33.5 Å². The summed E-state index contributed by atoms with van der Waals surface area (Å²) in [5, 5.41) is 0. The Kier molecular flexibility index (Phi) is 5.67. The van der Waals surface area contributed by atoms with E-state index in [4.69, 9.17) is 4.99 Å². The Bertz CT molecular complexity index is 1440. The van der Waals surface area contributed by atoms with E-state index in [0.717, 1.165) is 17.1 Å². The summed E-state index contributed by atoms with van der Waals surface area (Å²) in [6.07, 6.45) is 0. The van der Waals surface area contributed by atoms with Gasteiger partial charge >= 0.3 is 0 Å². The van der Waals surface area contributed by atoms with E-state index < -0.39 is 0 Å². The fourth-order valence-corrected chi connectivity index (χ4v) is 5.67. The molecule has 184 valence electrons. The Morgan fingerprint density at radius 1 is 0.730 bits per heavy atom. The molecule has 2 aliphatic rings. The highest BCUT2D eigenvalue weighted by molar-refractivity contribution is 6.08.